The average molecular weight is 499 g/mol. The zero-order chi connectivity index (χ0) is 25.1. The van der Waals surface area contributed by atoms with E-state index in [1.54, 1.807) is 4.90 Å². The van der Waals surface area contributed by atoms with Crippen molar-refractivity contribution in [3.8, 4) is 11.3 Å². The molecule has 2 heterocycles. The predicted octanol–water partition coefficient (Wildman–Crippen LogP) is 5.74. The van der Waals surface area contributed by atoms with E-state index >= 15 is 0 Å². The summed E-state index contributed by atoms with van der Waals surface area (Å²) in [5.74, 6) is -0.598. The lowest BCUT2D eigenvalue weighted by Gasteiger charge is -2.30. The highest BCUT2D eigenvalue weighted by Crippen LogP contribution is 2.37. The average Bonchev–Trinajstić information content (AvgIpc) is 3.20. The maximum Gasteiger partial charge on any atom is 0.322 e. The van der Waals surface area contributed by atoms with Gasteiger partial charge in [-0.2, -0.15) is 0 Å². The summed E-state index contributed by atoms with van der Waals surface area (Å²) in [6.45, 7) is 1.24. The van der Waals surface area contributed by atoms with Gasteiger partial charge in [0.1, 0.15) is 0 Å². The number of carbonyl (C=O) groups excluding carboxylic acids is 2. The number of primary amides is 1. The molecule has 182 valence electrons. The van der Waals surface area contributed by atoms with Crippen LogP contribution in [-0.4, -0.2) is 28.0 Å². The van der Waals surface area contributed by atoms with Crippen LogP contribution in [0.2, 0.25) is 5.02 Å². The lowest BCUT2D eigenvalue weighted by atomic mass is 10.0. The Morgan fingerprint density at radius 1 is 0.833 bits per heavy atom. The second-order valence-electron chi connectivity index (χ2n) is 8.90. The molecule has 1 aliphatic heterocycles. The molecule has 3 aromatic carbocycles. The number of urea groups is 1. The van der Waals surface area contributed by atoms with Gasteiger partial charge in [0, 0.05) is 18.8 Å². The molecular weight excluding hydrogens is 472 g/mol. The van der Waals surface area contributed by atoms with Crippen molar-refractivity contribution in [1.29, 1.82) is 0 Å². The minimum atomic E-state index is -0.598. The number of rotatable bonds is 6. The number of carbonyl (C=O) groups is 2. The Kier molecular flexibility index (Phi) is 6.78. The van der Waals surface area contributed by atoms with E-state index < -0.39 is 5.91 Å². The van der Waals surface area contributed by atoms with Crippen LogP contribution in [-0.2, 0) is 25.9 Å². The third kappa shape index (κ3) is 4.86. The number of anilines is 1. The number of nitrogens with one attached hydrogen (secondary N) is 1. The molecule has 1 aromatic heterocycles. The molecule has 7 heteroatoms. The Balaban J connectivity index is 1.29. The fourth-order valence-corrected chi connectivity index (χ4v) is 5.13. The molecule has 0 unspecified atom stereocenters. The first-order chi connectivity index (χ1) is 17.5. The Morgan fingerprint density at radius 2 is 1.44 bits per heavy atom. The molecule has 0 spiro atoms. The van der Waals surface area contributed by atoms with Crippen molar-refractivity contribution in [3.05, 3.63) is 112 Å². The number of aryl methyl sites for hydroxylation is 2. The van der Waals surface area contributed by atoms with E-state index in [4.69, 9.17) is 17.3 Å². The highest BCUT2D eigenvalue weighted by atomic mass is 35.5. The molecule has 0 aliphatic carbocycles. The maximum atomic E-state index is 13.1. The van der Waals surface area contributed by atoms with Crippen LogP contribution in [0, 0.1) is 0 Å². The third-order valence-electron chi connectivity index (χ3n) is 6.58. The van der Waals surface area contributed by atoms with E-state index in [1.165, 1.54) is 11.1 Å². The Bertz CT molecular complexity index is 1380. The standard InChI is InChI=1S/C29H27ClN4O2/c30-26-25(28(31)35)24-19-33(17-18-34(24)27(26)22-9-5-2-6-10-22)29(36)32-23-15-13-21(14-16-23)12-11-20-7-3-1-4-8-20/h1-10,13-16H,11-12,17-19H2,(H2,31,35)(H,32,36). The van der Waals surface area contributed by atoms with Crippen molar-refractivity contribution in [1.82, 2.24) is 9.47 Å². The van der Waals surface area contributed by atoms with Gasteiger partial charge in [-0.25, -0.2) is 4.79 Å². The van der Waals surface area contributed by atoms with Crippen LogP contribution < -0.4 is 11.1 Å². The van der Waals surface area contributed by atoms with Gasteiger partial charge in [0.2, 0.25) is 0 Å². The van der Waals surface area contributed by atoms with Gasteiger partial charge in [0.15, 0.2) is 0 Å². The van der Waals surface area contributed by atoms with Gasteiger partial charge in [-0.3, -0.25) is 4.79 Å². The number of nitrogens with zero attached hydrogens (tertiary/aromatic N) is 2. The largest absolute Gasteiger partial charge is 0.365 e. The Hall–Kier alpha value is -4.03. The van der Waals surface area contributed by atoms with Gasteiger partial charge in [-0.05, 0) is 41.7 Å². The molecule has 4 aromatic rings. The number of benzene rings is 3. The number of hydrogen-bond acceptors (Lipinski definition) is 2. The summed E-state index contributed by atoms with van der Waals surface area (Å²) in [5, 5.41) is 3.30. The van der Waals surface area contributed by atoms with Gasteiger partial charge in [-0.1, -0.05) is 84.4 Å². The molecule has 36 heavy (non-hydrogen) atoms. The van der Waals surface area contributed by atoms with Gasteiger partial charge in [0.25, 0.3) is 5.91 Å². The van der Waals surface area contributed by atoms with Crippen LogP contribution in [0.1, 0.15) is 27.2 Å². The second-order valence-corrected chi connectivity index (χ2v) is 9.28. The van der Waals surface area contributed by atoms with Crippen LogP contribution in [0.15, 0.2) is 84.9 Å². The molecule has 3 amide bonds. The summed E-state index contributed by atoms with van der Waals surface area (Å²) in [4.78, 5) is 27.0. The molecule has 0 atom stereocenters. The van der Waals surface area contributed by atoms with E-state index in [-0.39, 0.29) is 18.1 Å². The minimum absolute atomic E-state index is 0.229. The van der Waals surface area contributed by atoms with E-state index in [0.29, 0.717) is 23.8 Å². The summed E-state index contributed by atoms with van der Waals surface area (Å²) < 4.78 is 2.00. The number of fused-ring (bicyclic) bond motifs is 1. The van der Waals surface area contributed by atoms with Crippen molar-refractivity contribution in [2.75, 3.05) is 11.9 Å². The summed E-state index contributed by atoms with van der Waals surface area (Å²) >= 11 is 6.65. The van der Waals surface area contributed by atoms with E-state index in [9.17, 15) is 9.59 Å². The van der Waals surface area contributed by atoms with Crippen LogP contribution in [0.3, 0.4) is 0 Å². The highest BCUT2D eigenvalue weighted by Gasteiger charge is 2.31. The number of amides is 3. The van der Waals surface area contributed by atoms with Gasteiger partial charge < -0.3 is 20.5 Å². The fourth-order valence-electron chi connectivity index (χ4n) is 4.72. The third-order valence-corrected chi connectivity index (χ3v) is 6.95. The molecule has 5 rings (SSSR count). The fraction of sp³-hybridized carbons (Fsp3) is 0.172. The van der Waals surface area contributed by atoms with Crippen molar-refractivity contribution < 1.29 is 9.59 Å². The molecule has 3 N–H and O–H groups in total. The van der Waals surface area contributed by atoms with Crippen molar-refractivity contribution >= 4 is 29.2 Å². The Morgan fingerprint density at radius 3 is 2.08 bits per heavy atom. The zero-order valence-electron chi connectivity index (χ0n) is 19.8. The zero-order valence-corrected chi connectivity index (χ0v) is 20.5. The molecule has 0 bridgehead atoms. The summed E-state index contributed by atoms with van der Waals surface area (Å²) in [7, 11) is 0. The lowest BCUT2D eigenvalue weighted by molar-refractivity contribution is 0.0997. The second kappa shape index (κ2) is 10.3. The summed E-state index contributed by atoms with van der Waals surface area (Å²) in [5.41, 5.74) is 11.5. The molecule has 0 saturated heterocycles. The normalized spacial score (nSPS) is 12.8. The quantitative estimate of drug-likeness (QED) is 0.355. The van der Waals surface area contributed by atoms with Gasteiger partial charge in [0.05, 0.1) is 28.5 Å². The first-order valence-electron chi connectivity index (χ1n) is 12.0. The van der Waals surface area contributed by atoms with Gasteiger partial charge in [-0.15, -0.1) is 0 Å². The molecule has 0 saturated carbocycles. The van der Waals surface area contributed by atoms with E-state index in [0.717, 1.165) is 29.8 Å². The number of nitrogens with two attached hydrogens (primary N) is 1. The first-order valence-corrected chi connectivity index (χ1v) is 12.3. The lowest BCUT2D eigenvalue weighted by Crippen LogP contribution is -2.41. The van der Waals surface area contributed by atoms with Crippen LogP contribution >= 0.6 is 11.6 Å². The first kappa shape index (κ1) is 23.7. The van der Waals surface area contributed by atoms with Crippen LogP contribution in [0.25, 0.3) is 11.3 Å². The topological polar surface area (TPSA) is 80.4 Å². The monoisotopic (exact) mass is 498 g/mol. The van der Waals surface area contributed by atoms with Crippen LogP contribution in [0.4, 0.5) is 10.5 Å². The maximum absolute atomic E-state index is 13.1. The van der Waals surface area contributed by atoms with Crippen LogP contribution in [0.5, 0.6) is 0 Å². The Labute approximate surface area is 215 Å². The highest BCUT2D eigenvalue weighted by molar-refractivity contribution is 6.36. The van der Waals surface area contributed by atoms with Gasteiger partial charge >= 0.3 is 6.03 Å². The molecule has 0 radical (unpaired) electrons. The van der Waals surface area contributed by atoms with Crippen molar-refractivity contribution in [2.45, 2.75) is 25.9 Å². The SMILES string of the molecule is NC(=O)c1c(Cl)c(-c2ccccc2)n2c1CN(C(=O)Nc1ccc(CCc3ccccc3)cc1)CC2. The summed E-state index contributed by atoms with van der Waals surface area (Å²) in [6.07, 6.45) is 1.90. The van der Waals surface area contributed by atoms with E-state index in [1.807, 2.05) is 77.4 Å². The molecule has 0 fully saturated rings. The smallest absolute Gasteiger partial charge is 0.322 e. The number of halogens is 1. The molecular formula is C29H27ClN4O2. The van der Waals surface area contributed by atoms with Crippen molar-refractivity contribution in [3.63, 3.8) is 0 Å². The number of hydrogen-bond donors (Lipinski definition) is 2. The predicted molar refractivity (Wildman–Crippen MR) is 143 cm³/mol. The summed E-state index contributed by atoms with van der Waals surface area (Å²) in [6, 6.07) is 27.7. The molecule has 1 aliphatic rings. The van der Waals surface area contributed by atoms with E-state index in [2.05, 4.69) is 17.4 Å². The molecule has 6 nitrogen and oxygen atoms in total. The van der Waals surface area contributed by atoms with Crippen molar-refractivity contribution in [2.24, 2.45) is 5.73 Å². The number of aromatic nitrogens is 1. The minimum Gasteiger partial charge on any atom is -0.365 e.